The SMILES string of the molecule is CC(C)N(CC#N)CC1CCCC1. The maximum absolute atomic E-state index is 8.67. The highest BCUT2D eigenvalue weighted by Gasteiger charge is 2.19. The van der Waals surface area contributed by atoms with Crippen molar-refractivity contribution in [1.82, 2.24) is 4.90 Å². The molecule has 0 saturated heterocycles. The Morgan fingerprint density at radius 1 is 1.38 bits per heavy atom. The third-order valence-electron chi connectivity index (χ3n) is 2.97. The molecule has 74 valence electrons. The molecule has 13 heavy (non-hydrogen) atoms. The predicted octanol–water partition coefficient (Wildman–Crippen LogP) is 2.41. The van der Waals surface area contributed by atoms with Crippen molar-refractivity contribution in [2.45, 2.75) is 45.6 Å². The van der Waals surface area contributed by atoms with Crippen molar-refractivity contribution in [2.24, 2.45) is 5.92 Å². The Morgan fingerprint density at radius 3 is 2.46 bits per heavy atom. The highest BCUT2D eigenvalue weighted by molar-refractivity contribution is 4.81. The summed E-state index contributed by atoms with van der Waals surface area (Å²) in [6.07, 6.45) is 5.52. The van der Waals surface area contributed by atoms with Gasteiger partial charge in [-0.05, 0) is 32.6 Å². The molecule has 2 nitrogen and oxygen atoms in total. The molecule has 0 N–H and O–H groups in total. The van der Waals surface area contributed by atoms with E-state index in [1.54, 1.807) is 0 Å². The van der Waals surface area contributed by atoms with Crippen LogP contribution in [0.3, 0.4) is 0 Å². The maximum atomic E-state index is 8.67. The number of hydrogen-bond acceptors (Lipinski definition) is 2. The molecule has 0 aromatic rings. The molecule has 0 atom stereocenters. The fourth-order valence-electron chi connectivity index (χ4n) is 2.07. The van der Waals surface area contributed by atoms with Crippen LogP contribution in [0.1, 0.15) is 39.5 Å². The third kappa shape index (κ3) is 3.36. The van der Waals surface area contributed by atoms with Crippen LogP contribution in [0.5, 0.6) is 0 Å². The lowest BCUT2D eigenvalue weighted by Gasteiger charge is -2.26. The molecule has 0 heterocycles. The van der Waals surface area contributed by atoms with E-state index in [4.69, 9.17) is 5.26 Å². The van der Waals surface area contributed by atoms with Crippen molar-refractivity contribution in [2.75, 3.05) is 13.1 Å². The smallest absolute Gasteiger partial charge is 0.0868 e. The van der Waals surface area contributed by atoms with Gasteiger partial charge in [-0.1, -0.05) is 12.8 Å². The van der Waals surface area contributed by atoms with Crippen LogP contribution in [-0.2, 0) is 0 Å². The molecule has 0 radical (unpaired) electrons. The summed E-state index contributed by atoms with van der Waals surface area (Å²) in [5.41, 5.74) is 0. The topological polar surface area (TPSA) is 27.0 Å². The quantitative estimate of drug-likeness (QED) is 0.621. The van der Waals surface area contributed by atoms with Crippen molar-refractivity contribution in [3.8, 4) is 6.07 Å². The summed E-state index contributed by atoms with van der Waals surface area (Å²) in [5, 5.41) is 8.67. The van der Waals surface area contributed by atoms with Gasteiger partial charge in [-0.15, -0.1) is 0 Å². The molecule has 0 aromatic heterocycles. The van der Waals surface area contributed by atoms with Crippen molar-refractivity contribution < 1.29 is 0 Å². The minimum atomic E-state index is 0.514. The summed E-state index contributed by atoms with van der Waals surface area (Å²) >= 11 is 0. The van der Waals surface area contributed by atoms with Gasteiger partial charge in [-0.2, -0.15) is 5.26 Å². The minimum absolute atomic E-state index is 0.514. The number of hydrogen-bond donors (Lipinski definition) is 0. The molecule has 2 heteroatoms. The van der Waals surface area contributed by atoms with Crippen LogP contribution in [-0.4, -0.2) is 24.0 Å². The van der Waals surface area contributed by atoms with E-state index in [9.17, 15) is 0 Å². The van der Waals surface area contributed by atoms with Gasteiger partial charge in [0.25, 0.3) is 0 Å². The molecular weight excluding hydrogens is 160 g/mol. The van der Waals surface area contributed by atoms with Gasteiger partial charge in [0, 0.05) is 12.6 Å². The summed E-state index contributed by atoms with van der Waals surface area (Å²) in [6, 6.07) is 2.76. The first-order valence-corrected chi connectivity index (χ1v) is 5.35. The van der Waals surface area contributed by atoms with E-state index in [1.807, 2.05) is 0 Å². The summed E-state index contributed by atoms with van der Waals surface area (Å²) < 4.78 is 0. The van der Waals surface area contributed by atoms with Gasteiger partial charge in [0.15, 0.2) is 0 Å². The van der Waals surface area contributed by atoms with Gasteiger partial charge >= 0.3 is 0 Å². The fraction of sp³-hybridized carbons (Fsp3) is 0.909. The van der Waals surface area contributed by atoms with E-state index in [0.717, 1.165) is 12.5 Å². The second-order valence-corrected chi connectivity index (χ2v) is 4.33. The van der Waals surface area contributed by atoms with E-state index in [2.05, 4.69) is 24.8 Å². The molecule has 0 aliphatic heterocycles. The molecular formula is C11H20N2. The van der Waals surface area contributed by atoms with Crippen molar-refractivity contribution in [3.63, 3.8) is 0 Å². The average Bonchev–Trinajstić information content (AvgIpc) is 2.56. The van der Waals surface area contributed by atoms with E-state index in [-0.39, 0.29) is 0 Å². The Morgan fingerprint density at radius 2 is 2.00 bits per heavy atom. The highest BCUT2D eigenvalue weighted by Crippen LogP contribution is 2.25. The molecule has 1 fully saturated rings. The number of nitriles is 1. The first-order chi connectivity index (χ1) is 6.24. The van der Waals surface area contributed by atoms with Gasteiger partial charge in [-0.3, -0.25) is 4.90 Å². The van der Waals surface area contributed by atoms with Crippen molar-refractivity contribution in [3.05, 3.63) is 0 Å². The number of rotatable bonds is 4. The van der Waals surface area contributed by atoms with Gasteiger partial charge < -0.3 is 0 Å². The molecule has 0 amide bonds. The van der Waals surface area contributed by atoms with E-state index < -0.39 is 0 Å². The Balaban J connectivity index is 2.33. The molecule has 1 rings (SSSR count). The standard InChI is InChI=1S/C11H20N2/c1-10(2)13(8-7-12)9-11-5-3-4-6-11/h10-11H,3-6,8-9H2,1-2H3. The average molecular weight is 180 g/mol. The lowest BCUT2D eigenvalue weighted by molar-refractivity contribution is 0.210. The summed E-state index contributed by atoms with van der Waals surface area (Å²) in [5.74, 6) is 0.857. The largest absolute Gasteiger partial charge is 0.288 e. The number of nitrogens with zero attached hydrogens (tertiary/aromatic N) is 2. The minimum Gasteiger partial charge on any atom is -0.288 e. The lowest BCUT2D eigenvalue weighted by atomic mass is 10.1. The molecule has 0 bridgehead atoms. The van der Waals surface area contributed by atoms with Gasteiger partial charge in [0.2, 0.25) is 0 Å². The highest BCUT2D eigenvalue weighted by atomic mass is 15.1. The molecule has 1 aliphatic carbocycles. The van der Waals surface area contributed by atoms with Crippen LogP contribution >= 0.6 is 0 Å². The van der Waals surface area contributed by atoms with Crippen LogP contribution in [0.4, 0.5) is 0 Å². The summed E-state index contributed by atoms with van der Waals surface area (Å²) in [7, 11) is 0. The zero-order chi connectivity index (χ0) is 9.68. The Bertz CT molecular complexity index is 175. The fourth-order valence-corrected chi connectivity index (χ4v) is 2.07. The van der Waals surface area contributed by atoms with Crippen LogP contribution in [0.2, 0.25) is 0 Å². The summed E-state index contributed by atoms with van der Waals surface area (Å²) in [6.45, 7) is 6.07. The zero-order valence-electron chi connectivity index (χ0n) is 8.79. The van der Waals surface area contributed by atoms with Crippen molar-refractivity contribution >= 4 is 0 Å². The van der Waals surface area contributed by atoms with Crippen LogP contribution in [0.15, 0.2) is 0 Å². The zero-order valence-corrected chi connectivity index (χ0v) is 8.79. The second-order valence-electron chi connectivity index (χ2n) is 4.33. The molecule has 0 unspecified atom stereocenters. The van der Waals surface area contributed by atoms with Crippen molar-refractivity contribution in [1.29, 1.82) is 5.26 Å². The lowest BCUT2D eigenvalue weighted by Crippen LogP contribution is -2.35. The Labute approximate surface area is 81.5 Å². The molecule has 1 aliphatic rings. The Kier molecular flexibility index (Phi) is 4.24. The molecule has 0 aromatic carbocycles. The van der Waals surface area contributed by atoms with E-state index in [0.29, 0.717) is 12.6 Å². The van der Waals surface area contributed by atoms with Crippen LogP contribution in [0, 0.1) is 17.2 Å². The van der Waals surface area contributed by atoms with E-state index in [1.165, 1.54) is 25.7 Å². The van der Waals surface area contributed by atoms with Gasteiger partial charge in [0.05, 0.1) is 12.6 Å². The molecule has 1 saturated carbocycles. The van der Waals surface area contributed by atoms with Gasteiger partial charge in [-0.25, -0.2) is 0 Å². The molecule has 0 spiro atoms. The monoisotopic (exact) mass is 180 g/mol. The van der Waals surface area contributed by atoms with E-state index >= 15 is 0 Å². The normalized spacial score (nSPS) is 18.4. The van der Waals surface area contributed by atoms with Crippen LogP contribution in [0.25, 0.3) is 0 Å². The van der Waals surface area contributed by atoms with Gasteiger partial charge in [0.1, 0.15) is 0 Å². The first-order valence-electron chi connectivity index (χ1n) is 5.35. The second kappa shape index (κ2) is 5.24. The van der Waals surface area contributed by atoms with Crippen LogP contribution < -0.4 is 0 Å². The first kappa shape index (κ1) is 10.5. The summed E-state index contributed by atoms with van der Waals surface area (Å²) in [4.78, 5) is 2.29. The third-order valence-corrected chi connectivity index (χ3v) is 2.97. The maximum Gasteiger partial charge on any atom is 0.0868 e. The Hall–Kier alpha value is -0.550. The predicted molar refractivity (Wildman–Crippen MR) is 54.3 cm³/mol.